The first kappa shape index (κ1) is 12.7. The fraction of sp³-hybridized carbons (Fsp3) is 0.462. The van der Waals surface area contributed by atoms with E-state index in [0.29, 0.717) is 17.8 Å². The predicted molar refractivity (Wildman–Crippen MR) is 69.0 cm³/mol. The number of hydrogen-bond donors (Lipinski definition) is 1. The van der Waals surface area contributed by atoms with Crippen molar-refractivity contribution in [3.63, 3.8) is 0 Å². The van der Waals surface area contributed by atoms with Gasteiger partial charge in [0.25, 0.3) is 0 Å². The van der Waals surface area contributed by atoms with E-state index < -0.39 is 0 Å². The van der Waals surface area contributed by atoms with Crippen LogP contribution in [0.1, 0.15) is 26.2 Å². The van der Waals surface area contributed by atoms with Crippen LogP contribution in [0.3, 0.4) is 0 Å². The van der Waals surface area contributed by atoms with Crippen LogP contribution in [0.5, 0.6) is 0 Å². The Morgan fingerprint density at radius 3 is 2.83 bits per heavy atom. The minimum atomic E-state index is 0.343. The van der Waals surface area contributed by atoms with Crippen LogP contribution in [-0.4, -0.2) is 27.7 Å². The monoisotopic (exact) mass is 246 g/mol. The second kappa shape index (κ2) is 6.26. The van der Waals surface area contributed by atoms with Crippen molar-refractivity contribution in [3.8, 4) is 11.4 Å². The average Bonchev–Trinajstić information content (AvgIpc) is 2.86. The van der Waals surface area contributed by atoms with Crippen LogP contribution in [0, 0.1) is 0 Å². The van der Waals surface area contributed by atoms with E-state index in [2.05, 4.69) is 34.3 Å². The lowest BCUT2D eigenvalue weighted by Crippen LogP contribution is -2.28. The Bertz CT molecular complexity index is 469. The zero-order valence-electron chi connectivity index (χ0n) is 10.8. The largest absolute Gasteiger partial charge is 0.339 e. The second-order valence-corrected chi connectivity index (χ2v) is 4.31. The van der Waals surface area contributed by atoms with E-state index in [9.17, 15) is 0 Å². The molecule has 0 saturated heterocycles. The number of hydrogen-bond acceptors (Lipinski definition) is 5. The normalized spacial score (nSPS) is 12.6. The molecule has 2 heterocycles. The first-order valence-corrected chi connectivity index (χ1v) is 6.26. The van der Waals surface area contributed by atoms with E-state index in [1.54, 1.807) is 12.4 Å². The molecular formula is C13H18N4O. The van der Waals surface area contributed by atoms with E-state index in [4.69, 9.17) is 4.52 Å². The molecule has 5 heteroatoms. The van der Waals surface area contributed by atoms with Gasteiger partial charge in [0.2, 0.25) is 11.7 Å². The molecule has 0 saturated carbocycles. The lowest BCUT2D eigenvalue weighted by molar-refractivity contribution is 0.362. The molecule has 96 valence electrons. The zero-order valence-corrected chi connectivity index (χ0v) is 10.8. The quantitative estimate of drug-likeness (QED) is 0.845. The first-order valence-electron chi connectivity index (χ1n) is 6.26. The molecule has 1 N–H and O–H groups in total. The summed E-state index contributed by atoms with van der Waals surface area (Å²) < 4.78 is 5.25. The summed E-state index contributed by atoms with van der Waals surface area (Å²) in [5.74, 6) is 1.29. The van der Waals surface area contributed by atoms with Crippen molar-refractivity contribution < 1.29 is 4.52 Å². The summed E-state index contributed by atoms with van der Waals surface area (Å²) in [4.78, 5) is 8.35. The van der Waals surface area contributed by atoms with Gasteiger partial charge in [-0.2, -0.15) is 4.98 Å². The molecule has 1 atom stereocenters. The first-order chi connectivity index (χ1) is 8.79. The van der Waals surface area contributed by atoms with E-state index in [1.165, 1.54) is 0 Å². The van der Waals surface area contributed by atoms with Gasteiger partial charge in [0, 0.05) is 30.4 Å². The second-order valence-electron chi connectivity index (χ2n) is 4.31. The molecule has 2 aromatic rings. The predicted octanol–water partition coefficient (Wildman–Crippen LogP) is 2.06. The van der Waals surface area contributed by atoms with Crippen LogP contribution in [0.25, 0.3) is 11.4 Å². The minimum absolute atomic E-state index is 0.343. The molecule has 0 aliphatic carbocycles. The van der Waals surface area contributed by atoms with Gasteiger partial charge in [0.1, 0.15) is 0 Å². The third-order valence-electron chi connectivity index (χ3n) is 2.63. The number of nitrogens with zero attached hydrogens (tertiary/aromatic N) is 3. The van der Waals surface area contributed by atoms with E-state index >= 15 is 0 Å². The summed E-state index contributed by atoms with van der Waals surface area (Å²) in [7, 11) is 0. The maximum atomic E-state index is 5.25. The van der Waals surface area contributed by atoms with Gasteiger partial charge in [0.05, 0.1) is 0 Å². The van der Waals surface area contributed by atoms with Crippen molar-refractivity contribution in [2.45, 2.75) is 32.7 Å². The number of aromatic nitrogens is 3. The van der Waals surface area contributed by atoms with Gasteiger partial charge in [-0.15, -0.1) is 0 Å². The summed E-state index contributed by atoms with van der Waals surface area (Å²) in [5.41, 5.74) is 0.925. The Balaban J connectivity index is 1.98. The molecule has 0 aliphatic rings. The van der Waals surface area contributed by atoms with Gasteiger partial charge in [-0.05, 0) is 32.0 Å². The topological polar surface area (TPSA) is 63.8 Å². The minimum Gasteiger partial charge on any atom is -0.339 e. The van der Waals surface area contributed by atoms with Crippen molar-refractivity contribution in [1.82, 2.24) is 20.4 Å². The molecule has 2 aromatic heterocycles. The van der Waals surface area contributed by atoms with Gasteiger partial charge >= 0.3 is 0 Å². The van der Waals surface area contributed by atoms with E-state index in [1.807, 2.05) is 12.1 Å². The van der Waals surface area contributed by atoms with Crippen molar-refractivity contribution in [3.05, 3.63) is 30.4 Å². The molecule has 0 aromatic carbocycles. The SMILES string of the molecule is CCCNC(C)Cc1nc(-c2ccncc2)no1. The van der Waals surface area contributed by atoms with Crippen LogP contribution >= 0.6 is 0 Å². The van der Waals surface area contributed by atoms with Gasteiger partial charge in [-0.25, -0.2) is 0 Å². The molecule has 0 radical (unpaired) electrons. The van der Waals surface area contributed by atoms with Crippen molar-refractivity contribution in [2.75, 3.05) is 6.54 Å². The molecule has 5 nitrogen and oxygen atoms in total. The summed E-state index contributed by atoms with van der Waals surface area (Å²) in [6.07, 6.45) is 5.31. The highest BCUT2D eigenvalue weighted by atomic mass is 16.5. The molecule has 0 amide bonds. The Kier molecular flexibility index (Phi) is 4.41. The molecule has 0 bridgehead atoms. The van der Waals surface area contributed by atoms with Crippen LogP contribution in [0.4, 0.5) is 0 Å². The third kappa shape index (κ3) is 3.37. The Morgan fingerprint density at radius 1 is 1.33 bits per heavy atom. The molecule has 2 rings (SSSR count). The summed E-state index contributed by atoms with van der Waals surface area (Å²) in [6.45, 7) is 5.27. The number of nitrogens with one attached hydrogen (secondary N) is 1. The molecule has 0 aliphatic heterocycles. The maximum absolute atomic E-state index is 5.25. The lowest BCUT2D eigenvalue weighted by atomic mass is 10.2. The van der Waals surface area contributed by atoms with Gasteiger partial charge in [0.15, 0.2) is 0 Å². The number of rotatable bonds is 6. The molecular weight excluding hydrogens is 228 g/mol. The summed E-state index contributed by atoms with van der Waals surface area (Å²) >= 11 is 0. The van der Waals surface area contributed by atoms with Crippen LogP contribution in [0.15, 0.2) is 29.0 Å². The van der Waals surface area contributed by atoms with Crippen molar-refractivity contribution in [2.24, 2.45) is 0 Å². The Morgan fingerprint density at radius 2 is 2.11 bits per heavy atom. The smallest absolute Gasteiger partial charge is 0.228 e. The third-order valence-corrected chi connectivity index (χ3v) is 2.63. The molecule has 18 heavy (non-hydrogen) atoms. The van der Waals surface area contributed by atoms with E-state index in [-0.39, 0.29) is 0 Å². The average molecular weight is 246 g/mol. The highest BCUT2D eigenvalue weighted by Gasteiger charge is 2.11. The molecule has 1 unspecified atom stereocenters. The maximum Gasteiger partial charge on any atom is 0.228 e. The molecule has 0 spiro atoms. The number of pyridine rings is 1. The van der Waals surface area contributed by atoms with Crippen LogP contribution in [0.2, 0.25) is 0 Å². The van der Waals surface area contributed by atoms with Crippen LogP contribution in [-0.2, 0) is 6.42 Å². The highest BCUT2D eigenvalue weighted by molar-refractivity contribution is 5.52. The van der Waals surface area contributed by atoms with Crippen molar-refractivity contribution >= 4 is 0 Å². The zero-order chi connectivity index (χ0) is 12.8. The lowest BCUT2D eigenvalue weighted by Gasteiger charge is -2.09. The van der Waals surface area contributed by atoms with Gasteiger partial charge in [-0.3, -0.25) is 4.98 Å². The van der Waals surface area contributed by atoms with Gasteiger partial charge in [-0.1, -0.05) is 12.1 Å². The summed E-state index contributed by atoms with van der Waals surface area (Å²) in [5, 5.41) is 7.37. The summed E-state index contributed by atoms with van der Waals surface area (Å²) in [6, 6.07) is 4.08. The Labute approximate surface area is 107 Å². The highest BCUT2D eigenvalue weighted by Crippen LogP contribution is 2.14. The fourth-order valence-corrected chi connectivity index (χ4v) is 1.68. The van der Waals surface area contributed by atoms with Crippen molar-refractivity contribution in [1.29, 1.82) is 0 Å². The fourth-order valence-electron chi connectivity index (χ4n) is 1.68. The standard InChI is InChI=1S/C13H18N4O/c1-3-6-15-10(2)9-12-16-13(17-18-12)11-4-7-14-8-5-11/h4-5,7-8,10,15H,3,6,9H2,1-2H3. The van der Waals surface area contributed by atoms with Gasteiger partial charge < -0.3 is 9.84 Å². The van der Waals surface area contributed by atoms with Crippen LogP contribution < -0.4 is 5.32 Å². The Hall–Kier alpha value is -1.75. The molecule has 0 fully saturated rings. The van der Waals surface area contributed by atoms with E-state index in [0.717, 1.165) is 24.9 Å².